The van der Waals surface area contributed by atoms with Crippen molar-refractivity contribution < 1.29 is 21.9 Å². The highest BCUT2D eigenvalue weighted by Crippen LogP contribution is 2.53. The van der Waals surface area contributed by atoms with Crippen LogP contribution in [-0.2, 0) is 14.8 Å². The largest absolute Gasteiger partial charge is 0.378 e. The maximum atomic E-state index is 13.3. The lowest BCUT2D eigenvalue weighted by Gasteiger charge is -2.39. The molecule has 5 rings (SSSR count). The molecule has 0 spiro atoms. The third-order valence-corrected chi connectivity index (χ3v) is 10.2. The van der Waals surface area contributed by atoms with Crippen LogP contribution in [0.5, 0.6) is 0 Å². The van der Waals surface area contributed by atoms with Crippen molar-refractivity contribution in [2.45, 2.75) is 81.5 Å². The van der Waals surface area contributed by atoms with Gasteiger partial charge in [0.15, 0.2) is 0 Å². The Balaban J connectivity index is 0.000000180. The van der Waals surface area contributed by atoms with E-state index >= 15 is 0 Å². The number of hydrogen-bond donors (Lipinski definition) is 1. The minimum Gasteiger partial charge on any atom is -0.378 e. The van der Waals surface area contributed by atoms with Gasteiger partial charge in [-0.15, -0.1) is 0 Å². The number of sulfonamides is 1. The van der Waals surface area contributed by atoms with Gasteiger partial charge in [0.05, 0.1) is 10.9 Å². The van der Waals surface area contributed by atoms with Crippen LogP contribution in [0.25, 0.3) is 0 Å². The number of nitrogens with one attached hydrogen (secondary N) is 1. The molecule has 1 aromatic carbocycles. The molecule has 0 aromatic heterocycles. The highest BCUT2D eigenvalue weighted by Gasteiger charge is 2.54. The van der Waals surface area contributed by atoms with E-state index in [1.54, 1.807) is 19.2 Å². The number of hydrogen-bond acceptors (Lipinski definition) is 4. The Morgan fingerprint density at radius 2 is 1.68 bits per heavy atom. The van der Waals surface area contributed by atoms with Gasteiger partial charge in [-0.3, -0.25) is 4.72 Å². The van der Waals surface area contributed by atoms with E-state index in [9.17, 15) is 17.2 Å². The standard InChI is InChI=1S/C17H29F2NO.C9H11NO2S/c1-3-13-14-11-20(12-15(13)14)10-4-5-16(21-2)6-8-17(18,19)9-7-16;11-13(12,9-6-7-9)10-8-4-2-1-3-5-8/h13-15H,3-12H2,1-2H3;1-5,9-10H,6-7H2. The summed E-state index contributed by atoms with van der Waals surface area (Å²) in [4.78, 5) is 2.57. The highest BCUT2D eigenvalue weighted by atomic mass is 32.2. The number of ether oxygens (including phenoxy) is 1. The minimum atomic E-state index is -3.09. The van der Waals surface area contributed by atoms with E-state index in [-0.39, 0.29) is 23.7 Å². The number of fused-ring (bicyclic) bond motifs is 1. The minimum absolute atomic E-state index is 0.00706. The highest BCUT2D eigenvalue weighted by molar-refractivity contribution is 7.93. The molecule has 34 heavy (non-hydrogen) atoms. The van der Waals surface area contributed by atoms with Crippen molar-refractivity contribution in [1.82, 2.24) is 4.90 Å². The van der Waals surface area contributed by atoms with Crippen LogP contribution in [0, 0.1) is 17.8 Å². The zero-order valence-corrected chi connectivity index (χ0v) is 21.3. The van der Waals surface area contributed by atoms with Crippen LogP contribution in [0.2, 0.25) is 0 Å². The third-order valence-electron chi connectivity index (χ3n) is 8.35. The Morgan fingerprint density at radius 1 is 1.06 bits per heavy atom. The molecular formula is C26H40F2N2O3S. The van der Waals surface area contributed by atoms with E-state index in [0.29, 0.717) is 18.5 Å². The molecule has 5 nitrogen and oxygen atoms in total. The number of anilines is 1. The van der Waals surface area contributed by atoms with Gasteiger partial charge in [0, 0.05) is 38.7 Å². The molecule has 2 atom stereocenters. The van der Waals surface area contributed by atoms with Gasteiger partial charge in [-0.25, -0.2) is 17.2 Å². The quantitative estimate of drug-likeness (QED) is 0.486. The summed E-state index contributed by atoms with van der Waals surface area (Å²) >= 11 is 0. The molecule has 0 radical (unpaired) electrons. The van der Waals surface area contributed by atoms with Gasteiger partial charge < -0.3 is 9.64 Å². The molecule has 1 aliphatic heterocycles. The number of rotatable bonds is 9. The fraction of sp³-hybridized carbons (Fsp3) is 0.769. The summed E-state index contributed by atoms with van der Waals surface area (Å²) < 4.78 is 57.7. The maximum Gasteiger partial charge on any atom is 0.248 e. The van der Waals surface area contributed by atoms with Crippen LogP contribution < -0.4 is 4.72 Å². The summed E-state index contributed by atoms with van der Waals surface area (Å²) in [6.45, 7) is 5.95. The van der Waals surface area contributed by atoms with Crippen molar-refractivity contribution in [2.24, 2.45) is 17.8 Å². The summed E-state index contributed by atoms with van der Waals surface area (Å²) in [5.41, 5.74) is 0.366. The lowest BCUT2D eigenvalue weighted by atomic mass is 9.79. The van der Waals surface area contributed by atoms with E-state index in [1.165, 1.54) is 19.5 Å². The predicted molar refractivity (Wildman–Crippen MR) is 132 cm³/mol. The summed E-state index contributed by atoms with van der Waals surface area (Å²) in [7, 11) is -1.40. The average molecular weight is 499 g/mol. The summed E-state index contributed by atoms with van der Waals surface area (Å²) in [6, 6.07) is 8.98. The lowest BCUT2D eigenvalue weighted by molar-refractivity contribution is -0.122. The van der Waals surface area contributed by atoms with Crippen LogP contribution in [-0.4, -0.2) is 56.8 Å². The second-order valence-corrected chi connectivity index (χ2v) is 12.7. The normalized spacial score (nSPS) is 29.6. The number of alkyl halides is 2. The van der Waals surface area contributed by atoms with E-state index in [1.807, 2.05) is 18.2 Å². The van der Waals surface area contributed by atoms with Crippen molar-refractivity contribution in [2.75, 3.05) is 31.5 Å². The van der Waals surface area contributed by atoms with Crippen LogP contribution in [0.1, 0.15) is 64.7 Å². The Hall–Kier alpha value is -1.25. The first-order valence-electron chi connectivity index (χ1n) is 12.9. The number of likely N-dealkylation sites (tertiary alicyclic amines) is 1. The number of nitrogens with zero attached hydrogens (tertiary/aromatic N) is 1. The van der Waals surface area contributed by atoms with Gasteiger partial charge in [0.2, 0.25) is 15.9 Å². The molecule has 3 aliphatic carbocycles. The van der Waals surface area contributed by atoms with Crippen molar-refractivity contribution in [1.29, 1.82) is 0 Å². The Morgan fingerprint density at radius 3 is 2.21 bits per heavy atom. The smallest absolute Gasteiger partial charge is 0.248 e. The predicted octanol–water partition coefficient (Wildman–Crippen LogP) is 5.54. The molecule has 0 bridgehead atoms. The van der Waals surface area contributed by atoms with E-state index in [2.05, 4.69) is 16.5 Å². The summed E-state index contributed by atoms with van der Waals surface area (Å²) in [5, 5.41) is -0.160. The van der Waals surface area contributed by atoms with Crippen LogP contribution >= 0.6 is 0 Å². The number of para-hydroxylation sites is 1. The Labute approximate surface area is 203 Å². The van der Waals surface area contributed by atoms with Crippen LogP contribution in [0.4, 0.5) is 14.5 Å². The Bertz CT molecular complexity index is 886. The van der Waals surface area contributed by atoms with Crippen LogP contribution in [0.3, 0.4) is 0 Å². The number of methoxy groups -OCH3 is 1. The van der Waals surface area contributed by atoms with Crippen molar-refractivity contribution in [3.05, 3.63) is 30.3 Å². The average Bonchev–Trinajstić information content (AvgIpc) is 3.73. The molecular weight excluding hydrogens is 458 g/mol. The Kier molecular flexibility index (Phi) is 7.89. The number of piperidine rings is 1. The lowest BCUT2D eigenvalue weighted by Crippen LogP contribution is -2.40. The number of halogens is 2. The van der Waals surface area contributed by atoms with Gasteiger partial charge in [-0.05, 0) is 75.0 Å². The van der Waals surface area contributed by atoms with Gasteiger partial charge in [-0.1, -0.05) is 31.5 Å². The molecule has 8 heteroatoms. The monoisotopic (exact) mass is 498 g/mol. The molecule has 0 amide bonds. The molecule has 1 heterocycles. The molecule has 4 fully saturated rings. The van der Waals surface area contributed by atoms with Crippen molar-refractivity contribution >= 4 is 15.7 Å². The molecule has 192 valence electrons. The third kappa shape index (κ3) is 6.49. The van der Waals surface area contributed by atoms with Gasteiger partial charge in [0.1, 0.15) is 0 Å². The second-order valence-electron chi connectivity index (χ2n) is 10.7. The second kappa shape index (κ2) is 10.4. The van der Waals surface area contributed by atoms with Crippen molar-refractivity contribution in [3.8, 4) is 0 Å². The molecule has 2 unspecified atom stereocenters. The molecule has 1 N–H and O–H groups in total. The topological polar surface area (TPSA) is 58.6 Å². The maximum absolute atomic E-state index is 13.3. The first-order valence-corrected chi connectivity index (χ1v) is 14.4. The van der Waals surface area contributed by atoms with Crippen molar-refractivity contribution in [3.63, 3.8) is 0 Å². The van der Waals surface area contributed by atoms with E-state index in [4.69, 9.17) is 4.74 Å². The SMILES string of the molecule is CCC1C2CN(CCCC3(OC)CCC(F)(F)CC3)CC12.O=S(=O)(Nc1ccccc1)C1CC1. The molecule has 3 saturated carbocycles. The zero-order chi connectivity index (χ0) is 24.4. The fourth-order valence-corrected chi connectivity index (χ4v) is 7.30. The molecule has 1 aromatic rings. The molecule has 1 saturated heterocycles. The molecule has 4 aliphatic rings. The van der Waals surface area contributed by atoms with Gasteiger partial charge >= 0.3 is 0 Å². The zero-order valence-electron chi connectivity index (χ0n) is 20.5. The first-order chi connectivity index (χ1) is 16.2. The fourth-order valence-electron chi connectivity index (χ4n) is 5.91. The number of benzene rings is 1. The first kappa shape index (κ1) is 25.8. The summed E-state index contributed by atoms with van der Waals surface area (Å²) in [6.07, 6.45) is 5.95. The summed E-state index contributed by atoms with van der Waals surface area (Å²) in [5.74, 6) is 0.444. The van der Waals surface area contributed by atoms with Crippen LogP contribution in [0.15, 0.2) is 30.3 Å². The van der Waals surface area contributed by atoms with Gasteiger partial charge in [-0.2, -0.15) is 0 Å². The van der Waals surface area contributed by atoms with E-state index in [0.717, 1.165) is 50.0 Å². The van der Waals surface area contributed by atoms with E-state index < -0.39 is 15.9 Å². The van der Waals surface area contributed by atoms with Gasteiger partial charge in [0.25, 0.3) is 0 Å².